The average Bonchev–Trinajstić information content (AvgIpc) is 2.61. The zero-order valence-corrected chi connectivity index (χ0v) is 10.2. The summed E-state index contributed by atoms with van der Waals surface area (Å²) in [6.45, 7) is 9.80. The van der Waals surface area contributed by atoms with Crippen LogP contribution in [0, 0.1) is 0 Å². The maximum Gasteiger partial charge on any atom is 0.317 e. The van der Waals surface area contributed by atoms with Crippen LogP contribution in [0.1, 0.15) is 33.6 Å². The highest BCUT2D eigenvalue weighted by Crippen LogP contribution is 2.10. The number of hydrogen-bond acceptors (Lipinski definition) is 5. The predicted molar refractivity (Wildman–Crippen MR) is 59.8 cm³/mol. The van der Waals surface area contributed by atoms with Crippen LogP contribution in [0.4, 0.5) is 6.01 Å². The number of rotatable bonds is 4. The first-order chi connectivity index (χ1) is 6.92. The van der Waals surface area contributed by atoms with Crippen molar-refractivity contribution >= 4 is 6.01 Å². The summed E-state index contributed by atoms with van der Waals surface area (Å²) < 4.78 is 5.47. The molecule has 0 aliphatic rings. The van der Waals surface area contributed by atoms with Crippen molar-refractivity contribution in [2.75, 3.05) is 18.5 Å². The van der Waals surface area contributed by atoms with Crippen molar-refractivity contribution < 1.29 is 4.42 Å². The third-order valence-electron chi connectivity index (χ3n) is 2.03. The molecule has 1 heterocycles. The number of nitrogens with zero attached hydrogens (tertiary/aromatic N) is 3. The fourth-order valence-electron chi connectivity index (χ4n) is 0.946. The second-order valence-electron chi connectivity index (χ2n) is 4.60. The minimum absolute atomic E-state index is 0.0608. The summed E-state index contributed by atoms with van der Waals surface area (Å²) in [6, 6.07) is 0.572. The van der Waals surface area contributed by atoms with Gasteiger partial charge in [0.05, 0.1) is 6.54 Å². The molecule has 86 valence electrons. The zero-order chi connectivity index (χ0) is 11.5. The number of hydrogen-bond donors (Lipinski definition) is 1. The predicted octanol–water partition coefficient (Wildman–Crippen LogP) is 1.41. The zero-order valence-electron chi connectivity index (χ0n) is 10.2. The normalized spacial score (nSPS) is 11.8. The SMILES string of the molecule is CCN(C)c1nnc(CNC(C)(C)C)o1. The van der Waals surface area contributed by atoms with Crippen LogP contribution in [-0.4, -0.2) is 29.3 Å². The van der Waals surface area contributed by atoms with Crippen LogP contribution in [-0.2, 0) is 6.54 Å². The average molecular weight is 212 g/mol. The van der Waals surface area contributed by atoms with E-state index in [0.29, 0.717) is 18.5 Å². The highest BCUT2D eigenvalue weighted by Gasteiger charge is 2.13. The van der Waals surface area contributed by atoms with E-state index in [0.717, 1.165) is 6.54 Å². The Morgan fingerprint density at radius 2 is 2.00 bits per heavy atom. The van der Waals surface area contributed by atoms with E-state index >= 15 is 0 Å². The third kappa shape index (κ3) is 3.87. The molecule has 0 unspecified atom stereocenters. The molecule has 0 atom stereocenters. The molecule has 5 heteroatoms. The second kappa shape index (κ2) is 4.61. The van der Waals surface area contributed by atoms with Crippen LogP contribution in [0.15, 0.2) is 4.42 Å². The first-order valence-electron chi connectivity index (χ1n) is 5.21. The fraction of sp³-hybridized carbons (Fsp3) is 0.800. The Morgan fingerprint density at radius 3 is 2.53 bits per heavy atom. The van der Waals surface area contributed by atoms with Gasteiger partial charge in [0.15, 0.2) is 0 Å². The van der Waals surface area contributed by atoms with Crippen molar-refractivity contribution in [3.8, 4) is 0 Å². The van der Waals surface area contributed by atoms with Gasteiger partial charge in [-0.25, -0.2) is 0 Å². The van der Waals surface area contributed by atoms with Crippen molar-refractivity contribution in [3.05, 3.63) is 5.89 Å². The smallest absolute Gasteiger partial charge is 0.317 e. The first kappa shape index (κ1) is 12.0. The van der Waals surface area contributed by atoms with E-state index in [1.54, 1.807) is 0 Å². The van der Waals surface area contributed by atoms with Crippen LogP contribution in [0.5, 0.6) is 0 Å². The largest absolute Gasteiger partial charge is 0.407 e. The lowest BCUT2D eigenvalue weighted by molar-refractivity contribution is 0.381. The third-order valence-corrected chi connectivity index (χ3v) is 2.03. The summed E-state index contributed by atoms with van der Waals surface area (Å²) in [5.41, 5.74) is 0.0608. The summed E-state index contributed by atoms with van der Waals surface area (Å²) in [5.74, 6) is 0.625. The van der Waals surface area contributed by atoms with Crippen LogP contribution >= 0.6 is 0 Å². The molecule has 0 aromatic carbocycles. The number of nitrogens with one attached hydrogen (secondary N) is 1. The van der Waals surface area contributed by atoms with E-state index in [-0.39, 0.29) is 5.54 Å². The summed E-state index contributed by atoms with van der Waals surface area (Å²) >= 11 is 0. The molecular weight excluding hydrogens is 192 g/mol. The molecule has 1 aromatic heterocycles. The molecule has 0 spiro atoms. The molecule has 15 heavy (non-hydrogen) atoms. The van der Waals surface area contributed by atoms with Gasteiger partial charge in [0, 0.05) is 19.1 Å². The van der Waals surface area contributed by atoms with Gasteiger partial charge in [-0.2, -0.15) is 0 Å². The van der Waals surface area contributed by atoms with Gasteiger partial charge in [0.1, 0.15) is 0 Å². The second-order valence-corrected chi connectivity index (χ2v) is 4.60. The van der Waals surface area contributed by atoms with Crippen molar-refractivity contribution in [1.82, 2.24) is 15.5 Å². The van der Waals surface area contributed by atoms with Crippen LogP contribution in [0.3, 0.4) is 0 Å². The fourth-order valence-corrected chi connectivity index (χ4v) is 0.946. The highest BCUT2D eigenvalue weighted by atomic mass is 16.4. The molecule has 0 saturated carbocycles. The summed E-state index contributed by atoms with van der Waals surface area (Å²) in [7, 11) is 1.93. The van der Waals surface area contributed by atoms with Gasteiger partial charge in [-0.15, -0.1) is 5.10 Å². The van der Waals surface area contributed by atoms with Gasteiger partial charge in [-0.1, -0.05) is 5.10 Å². The number of anilines is 1. The summed E-state index contributed by atoms with van der Waals surface area (Å²) in [4.78, 5) is 1.91. The minimum atomic E-state index is 0.0608. The molecule has 1 aromatic rings. The summed E-state index contributed by atoms with van der Waals surface area (Å²) in [5, 5.41) is 11.2. The molecule has 0 amide bonds. The molecule has 0 bridgehead atoms. The Labute approximate surface area is 90.9 Å². The monoisotopic (exact) mass is 212 g/mol. The lowest BCUT2D eigenvalue weighted by Gasteiger charge is -2.18. The van der Waals surface area contributed by atoms with Crippen molar-refractivity contribution in [1.29, 1.82) is 0 Å². The maximum atomic E-state index is 5.47. The lowest BCUT2D eigenvalue weighted by Crippen LogP contribution is -2.35. The first-order valence-corrected chi connectivity index (χ1v) is 5.21. The quantitative estimate of drug-likeness (QED) is 0.818. The van der Waals surface area contributed by atoms with Gasteiger partial charge >= 0.3 is 6.01 Å². The molecule has 5 nitrogen and oxygen atoms in total. The van der Waals surface area contributed by atoms with Gasteiger partial charge in [0.2, 0.25) is 5.89 Å². The molecule has 0 radical (unpaired) electrons. The maximum absolute atomic E-state index is 5.47. The standard InChI is InChI=1S/C10H20N4O/c1-6-14(5)9-13-12-8(15-9)7-11-10(2,3)4/h11H,6-7H2,1-5H3. The van der Waals surface area contributed by atoms with Gasteiger partial charge in [-0.3, -0.25) is 0 Å². The summed E-state index contributed by atoms with van der Waals surface area (Å²) in [6.07, 6.45) is 0. The Hall–Kier alpha value is -1.10. The molecule has 1 rings (SSSR count). The van der Waals surface area contributed by atoms with Gasteiger partial charge in [0.25, 0.3) is 0 Å². The van der Waals surface area contributed by atoms with Crippen molar-refractivity contribution in [2.45, 2.75) is 39.8 Å². The molecule has 1 N–H and O–H groups in total. The van der Waals surface area contributed by atoms with E-state index in [1.165, 1.54) is 0 Å². The Kier molecular flexibility index (Phi) is 3.68. The van der Waals surface area contributed by atoms with E-state index in [4.69, 9.17) is 4.42 Å². The van der Waals surface area contributed by atoms with Gasteiger partial charge in [-0.05, 0) is 27.7 Å². The van der Waals surface area contributed by atoms with E-state index in [1.807, 2.05) is 18.9 Å². The lowest BCUT2D eigenvalue weighted by atomic mass is 10.1. The van der Waals surface area contributed by atoms with E-state index in [9.17, 15) is 0 Å². The van der Waals surface area contributed by atoms with Crippen molar-refractivity contribution in [2.24, 2.45) is 0 Å². The Morgan fingerprint density at radius 1 is 1.33 bits per heavy atom. The van der Waals surface area contributed by atoms with E-state index < -0.39 is 0 Å². The minimum Gasteiger partial charge on any atom is -0.407 e. The van der Waals surface area contributed by atoms with Gasteiger partial charge < -0.3 is 14.6 Å². The molecule has 0 aliphatic carbocycles. The highest BCUT2D eigenvalue weighted by molar-refractivity contribution is 5.20. The molecule has 0 saturated heterocycles. The van der Waals surface area contributed by atoms with Crippen molar-refractivity contribution in [3.63, 3.8) is 0 Å². The number of aromatic nitrogens is 2. The van der Waals surface area contributed by atoms with Crippen LogP contribution in [0.25, 0.3) is 0 Å². The van der Waals surface area contributed by atoms with E-state index in [2.05, 4.69) is 36.3 Å². The molecule has 0 aliphatic heterocycles. The molecule has 0 fully saturated rings. The Bertz CT molecular complexity index is 303. The molecular formula is C10H20N4O. The topological polar surface area (TPSA) is 54.2 Å². The van der Waals surface area contributed by atoms with Crippen LogP contribution < -0.4 is 10.2 Å². The Balaban J connectivity index is 2.53. The van der Waals surface area contributed by atoms with Crippen LogP contribution in [0.2, 0.25) is 0 Å².